The number of hydrogen-bond acceptors (Lipinski definition) is 3. The molecule has 4 nitrogen and oxygen atoms in total. The number of aromatic nitrogens is 1. The van der Waals surface area contributed by atoms with Gasteiger partial charge in [-0.2, -0.15) is 5.26 Å². The molecule has 1 heterocycles. The summed E-state index contributed by atoms with van der Waals surface area (Å²) < 4.78 is 6.85. The highest BCUT2D eigenvalue weighted by Crippen LogP contribution is 2.27. The molecule has 2 rings (SSSR count). The molecule has 0 N–H and O–H groups in total. The van der Waals surface area contributed by atoms with Crippen LogP contribution in [0.15, 0.2) is 30.5 Å². The molecule has 0 aliphatic carbocycles. The van der Waals surface area contributed by atoms with Crippen molar-refractivity contribution in [1.82, 2.24) is 4.57 Å². The highest BCUT2D eigenvalue weighted by Gasteiger charge is 2.25. The number of hydrogen-bond donors (Lipinski definition) is 0. The first-order valence-electron chi connectivity index (χ1n) is 5.79. The predicted octanol–water partition coefficient (Wildman–Crippen LogP) is 2.35. The zero-order chi connectivity index (χ0) is 13.1. The Labute approximate surface area is 105 Å². The van der Waals surface area contributed by atoms with Gasteiger partial charge < -0.3 is 9.30 Å². The van der Waals surface area contributed by atoms with Gasteiger partial charge in [0.2, 0.25) is 0 Å². The minimum absolute atomic E-state index is 0.280. The molecule has 0 aliphatic rings. The maximum Gasteiger partial charge on any atom is 0.327 e. The van der Waals surface area contributed by atoms with E-state index in [1.54, 1.807) is 6.92 Å². The summed E-state index contributed by atoms with van der Waals surface area (Å²) in [5.74, 6) is -1.35. The zero-order valence-corrected chi connectivity index (χ0v) is 10.4. The SMILES string of the molecule is CCOC(=O)C(C#N)c1cn(C)c2ccccc12. The summed E-state index contributed by atoms with van der Waals surface area (Å²) in [6.45, 7) is 2.01. The summed E-state index contributed by atoms with van der Waals surface area (Å²) in [6.07, 6.45) is 1.81. The molecule has 1 aromatic heterocycles. The molecule has 18 heavy (non-hydrogen) atoms. The number of benzene rings is 1. The number of aryl methyl sites for hydroxylation is 1. The summed E-state index contributed by atoms with van der Waals surface area (Å²) in [6, 6.07) is 9.71. The normalized spacial score (nSPS) is 12.1. The van der Waals surface area contributed by atoms with E-state index < -0.39 is 11.9 Å². The van der Waals surface area contributed by atoms with Gasteiger partial charge in [0.25, 0.3) is 0 Å². The Morgan fingerprint density at radius 2 is 2.22 bits per heavy atom. The lowest BCUT2D eigenvalue weighted by Crippen LogP contribution is -2.14. The van der Waals surface area contributed by atoms with Crippen molar-refractivity contribution < 1.29 is 9.53 Å². The van der Waals surface area contributed by atoms with Gasteiger partial charge in [0.1, 0.15) is 0 Å². The van der Waals surface area contributed by atoms with Crippen LogP contribution in [0.4, 0.5) is 0 Å². The van der Waals surface area contributed by atoms with E-state index in [0.717, 1.165) is 10.9 Å². The smallest absolute Gasteiger partial charge is 0.327 e. The fourth-order valence-corrected chi connectivity index (χ4v) is 2.08. The molecular weight excluding hydrogens is 228 g/mol. The molecule has 0 bridgehead atoms. The second-order valence-corrected chi connectivity index (χ2v) is 4.03. The topological polar surface area (TPSA) is 55.0 Å². The maximum atomic E-state index is 11.8. The highest BCUT2D eigenvalue weighted by atomic mass is 16.5. The summed E-state index contributed by atoms with van der Waals surface area (Å²) in [4.78, 5) is 11.8. The summed E-state index contributed by atoms with van der Waals surface area (Å²) in [5.41, 5.74) is 1.70. The zero-order valence-electron chi connectivity index (χ0n) is 10.4. The number of nitrogens with zero attached hydrogens (tertiary/aromatic N) is 2. The third-order valence-corrected chi connectivity index (χ3v) is 2.89. The van der Waals surface area contributed by atoms with E-state index in [1.165, 1.54) is 0 Å². The van der Waals surface area contributed by atoms with Crippen LogP contribution in [-0.4, -0.2) is 17.1 Å². The molecule has 4 heteroatoms. The molecule has 0 radical (unpaired) electrons. The van der Waals surface area contributed by atoms with E-state index in [4.69, 9.17) is 4.74 Å². The van der Waals surface area contributed by atoms with Crippen LogP contribution >= 0.6 is 0 Å². The van der Waals surface area contributed by atoms with Gasteiger partial charge in [-0.1, -0.05) is 18.2 Å². The minimum Gasteiger partial charge on any atom is -0.465 e. The molecule has 0 amide bonds. The van der Waals surface area contributed by atoms with Crippen molar-refractivity contribution in [2.24, 2.45) is 7.05 Å². The van der Waals surface area contributed by atoms with Crippen LogP contribution in [0.25, 0.3) is 10.9 Å². The van der Waals surface area contributed by atoms with Crippen molar-refractivity contribution in [3.8, 4) is 6.07 Å². The number of carbonyl (C=O) groups excluding carboxylic acids is 1. The summed E-state index contributed by atoms with van der Waals surface area (Å²) in [7, 11) is 1.89. The van der Waals surface area contributed by atoms with Gasteiger partial charge in [-0.05, 0) is 13.0 Å². The van der Waals surface area contributed by atoms with Gasteiger partial charge in [-0.3, -0.25) is 4.79 Å². The Bertz CT molecular complexity index is 622. The van der Waals surface area contributed by atoms with Crippen molar-refractivity contribution in [1.29, 1.82) is 5.26 Å². The third-order valence-electron chi connectivity index (χ3n) is 2.89. The molecule has 0 saturated heterocycles. The number of para-hydroxylation sites is 1. The Morgan fingerprint density at radius 3 is 2.89 bits per heavy atom. The van der Waals surface area contributed by atoms with Gasteiger partial charge >= 0.3 is 5.97 Å². The van der Waals surface area contributed by atoms with Crippen LogP contribution in [0.5, 0.6) is 0 Å². The fraction of sp³-hybridized carbons (Fsp3) is 0.286. The third kappa shape index (κ3) is 1.95. The number of fused-ring (bicyclic) bond motifs is 1. The Balaban J connectivity index is 2.53. The molecular formula is C14H14N2O2. The molecule has 0 aliphatic heterocycles. The predicted molar refractivity (Wildman–Crippen MR) is 67.9 cm³/mol. The number of esters is 1. The quantitative estimate of drug-likeness (QED) is 0.776. The summed E-state index contributed by atoms with van der Waals surface area (Å²) >= 11 is 0. The van der Waals surface area contributed by atoms with Crippen molar-refractivity contribution >= 4 is 16.9 Å². The van der Waals surface area contributed by atoms with Crippen molar-refractivity contribution in [2.75, 3.05) is 6.61 Å². The van der Waals surface area contributed by atoms with Gasteiger partial charge in [0, 0.05) is 29.7 Å². The van der Waals surface area contributed by atoms with Crippen LogP contribution in [-0.2, 0) is 16.6 Å². The lowest BCUT2D eigenvalue weighted by atomic mass is 10.0. The molecule has 92 valence electrons. The highest BCUT2D eigenvalue weighted by molar-refractivity contribution is 5.92. The fourth-order valence-electron chi connectivity index (χ4n) is 2.08. The Kier molecular flexibility index (Phi) is 3.33. The molecule has 1 atom stereocenters. The van der Waals surface area contributed by atoms with Crippen molar-refractivity contribution in [3.05, 3.63) is 36.0 Å². The number of rotatable bonds is 3. The average molecular weight is 242 g/mol. The van der Waals surface area contributed by atoms with E-state index in [0.29, 0.717) is 5.56 Å². The first kappa shape index (κ1) is 12.2. The maximum absolute atomic E-state index is 11.8. The molecule has 0 saturated carbocycles. The van der Waals surface area contributed by atoms with Crippen LogP contribution < -0.4 is 0 Å². The molecule has 2 aromatic rings. The first-order valence-corrected chi connectivity index (χ1v) is 5.79. The standard InChI is InChI=1S/C14H14N2O2/c1-3-18-14(17)11(8-15)12-9-16(2)13-7-5-4-6-10(12)13/h4-7,9,11H,3H2,1-2H3. The molecule has 1 aromatic carbocycles. The Morgan fingerprint density at radius 1 is 1.50 bits per heavy atom. The van der Waals surface area contributed by atoms with Gasteiger partial charge in [0.05, 0.1) is 12.7 Å². The molecule has 0 fully saturated rings. The van der Waals surface area contributed by atoms with E-state index in [1.807, 2.05) is 48.1 Å². The lowest BCUT2D eigenvalue weighted by Gasteiger charge is -2.06. The van der Waals surface area contributed by atoms with Gasteiger partial charge in [0.15, 0.2) is 5.92 Å². The van der Waals surface area contributed by atoms with Gasteiger partial charge in [-0.15, -0.1) is 0 Å². The summed E-state index contributed by atoms with van der Waals surface area (Å²) in [5, 5.41) is 10.1. The lowest BCUT2D eigenvalue weighted by molar-refractivity contribution is -0.143. The molecule has 1 unspecified atom stereocenters. The van der Waals surface area contributed by atoms with E-state index in [2.05, 4.69) is 0 Å². The van der Waals surface area contributed by atoms with E-state index in [9.17, 15) is 10.1 Å². The van der Waals surface area contributed by atoms with Crippen LogP contribution in [0.1, 0.15) is 18.4 Å². The average Bonchev–Trinajstić information content (AvgIpc) is 2.69. The largest absolute Gasteiger partial charge is 0.465 e. The Hall–Kier alpha value is -2.28. The van der Waals surface area contributed by atoms with E-state index >= 15 is 0 Å². The number of nitriles is 1. The first-order chi connectivity index (χ1) is 8.69. The molecule has 0 spiro atoms. The second kappa shape index (κ2) is 4.92. The minimum atomic E-state index is -0.865. The van der Waals surface area contributed by atoms with Crippen LogP contribution in [0.3, 0.4) is 0 Å². The van der Waals surface area contributed by atoms with Crippen LogP contribution in [0, 0.1) is 11.3 Å². The van der Waals surface area contributed by atoms with Crippen molar-refractivity contribution in [3.63, 3.8) is 0 Å². The van der Waals surface area contributed by atoms with Crippen molar-refractivity contribution in [2.45, 2.75) is 12.8 Å². The number of carbonyl (C=O) groups is 1. The monoisotopic (exact) mass is 242 g/mol. The van der Waals surface area contributed by atoms with Crippen LogP contribution in [0.2, 0.25) is 0 Å². The second-order valence-electron chi connectivity index (χ2n) is 4.03. The van der Waals surface area contributed by atoms with Gasteiger partial charge in [-0.25, -0.2) is 0 Å². The number of ether oxygens (including phenoxy) is 1. The van der Waals surface area contributed by atoms with E-state index in [-0.39, 0.29) is 6.61 Å².